The third kappa shape index (κ3) is 3.63. The van der Waals surface area contributed by atoms with Gasteiger partial charge in [0, 0.05) is 19.0 Å². The number of phenols is 1. The zero-order valence-corrected chi connectivity index (χ0v) is 12.8. The smallest absolute Gasteiger partial charge is 0.257 e. The Morgan fingerprint density at radius 2 is 2.05 bits per heavy atom. The van der Waals surface area contributed by atoms with Crippen LogP contribution in [0.5, 0.6) is 5.75 Å². The lowest BCUT2D eigenvalue weighted by Gasteiger charge is -2.30. The predicted molar refractivity (Wildman–Crippen MR) is 81.4 cm³/mol. The predicted octanol–water partition coefficient (Wildman–Crippen LogP) is 3.06. The first kappa shape index (κ1) is 15.5. The summed E-state index contributed by atoms with van der Waals surface area (Å²) in [5, 5.41) is 10.1. The highest BCUT2D eigenvalue weighted by atomic mass is 16.3. The van der Waals surface area contributed by atoms with Crippen molar-refractivity contribution in [1.82, 2.24) is 4.90 Å². The first-order valence-electron chi connectivity index (χ1n) is 7.59. The first-order valence-corrected chi connectivity index (χ1v) is 7.59. The van der Waals surface area contributed by atoms with Crippen LogP contribution in [0.4, 0.5) is 0 Å². The second-order valence-electron chi connectivity index (χ2n) is 5.88. The van der Waals surface area contributed by atoms with Crippen LogP contribution in [0.15, 0.2) is 18.2 Å². The zero-order chi connectivity index (χ0) is 15.4. The summed E-state index contributed by atoms with van der Waals surface area (Å²) in [6, 6.07) is 5.17. The number of para-hydroxylation sites is 1. The normalized spacial score (nSPS) is 19.1. The molecule has 1 atom stereocenters. The largest absolute Gasteiger partial charge is 0.507 e. The zero-order valence-electron chi connectivity index (χ0n) is 12.8. The molecule has 1 aromatic carbocycles. The molecule has 2 rings (SSSR count). The van der Waals surface area contributed by atoms with Crippen molar-refractivity contribution in [2.24, 2.45) is 0 Å². The van der Waals surface area contributed by atoms with E-state index in [2.05, 4.69) is 0 Å². The van der Waals surface area contributed by atoms with Crippen LogP contribution >= 0.6 is 0 Å². The van der Waals surface area contributed by atoms with Crippen molar-refractivity contribution in [2.45, 2.75) is 52.0 Å². The number of phenolic OH excluding ortho intramolecular Hbond substituents is 1. The summed E-state index contributed by atoms with van der Waals surface area (Å²) < 4.78 is 0. The van der Waals surface area contributed by atoms with E-state index >= 15 is 0 Å². The van der Waals surface area contributed by atoms with E-state index in [4.69, 9.17) is 0 Å². The Morgan fingerprint density at radius 3 is 2.76 bits per heavy atom. The highest BCUT2D eigenvalue weighted by molar-refractivity contribution is 5.97. The van der Waals surface area contributed by atoms with Crippen molar-refractivity contribution in [3.05, 3.63) is 29.3 Å². The molecule has 1 aliphatic heterocycles. The molecule has 114 valence electrons. The number of Topliss-reactive ketones (excluding diaryl/α,β-unsaturated/α-hetero) is 1. The maximum atomic E-state index is 12.8. The first-order chi connectivity index (χ1) is 10.0. The molecule has 0 aliphatic carbocycles. The minimum absolute atomic E-state index is 0.0441. The van der Waals surface area contributed by atoms with Crippen LogP contribution in [0.25, 0.3) is 0 Å². The van der Waals surface area contributed by atoms with Gasteiger partial charge < -0.3 is 10.0 Å². The van der Waals surface area contributed by atoms with Crippen molar-refractivity contribution < 1.29 is 14.7 Å². The molecule has 1 fully saturated rings. The highest BCUT2D eigenvalue weighted by Crippen LogP contribution is 2.27. The highest BCUT2D eigenvalue weighted by Gasteiger charge is 2.28. The average Bonchev–Trinajstić information content (AvgIpc) is 2.66. The number of nitrogens with zero attached hydrogens (tertiary/aromatic N) is 1. The topological polar surface area (TPSA) is 57.6 Å². The van der Waals surface area contributed by atoms with Gasteiger partial charge in [0.05, 0.1) is 5.56 Å². The number of benzene rings is 1. The third-order valence-electron chi connectivity index (χ3n) is 4.13. The van der Waals surface area contributed by atoms with Gasteiger partial charge >= 0.3 is 0 Å². The molecule has 21 heavy (non-hydrogen) atoms. The molecule has 4 nitrogen and oxygen atoms in total. The Balaban J connectivity index is 2.28. The molecule has 1 unspecified atom stereocenters. The number of carbonyl (C=O) groups is 2. The Morgan fingerprint density at radius 1 is 1.29 bits per heavy atom. The Hall–Kier alpha value is -1.84. The minimum atomic E-state index is -0.163. The van der Waals surface area contributed by atoms with E-state index in [1.54, 1.807) is 36.9 Å². The van der Waals surface area contributed by atoms with Crippen LogP contribution < -0.4 is 0 Å². The van der Waals surface area contributed by atoms with E-state index in [0.29, 0.717) is 24.1 Å². The monoisotopic (exact) mass is 289 g/mol. The number of aryl methyl sites for hydroxylation is 1. The molecule has 1 saturated heterocycles. The number of rotatable bonds is 3. The fourth-order valence-electron chi connectivity index (χ4n) is 2.97. The van der Waals surface area contributed by atoms with Crippen LogP contribution in [0.2, 0.25) is 0 Å². The van der Waals surface area contributed by atoms with E-state index in [-0.39, 0.29) is 23.5 Å². The Labute approximate surface area is 125 Å². The average molecular weight is 289 g/mol. The van der Waals surface area contributed by atoms with Gasteiger partial charge in [-0.05, 0) is 38.3 Å². The van der Waals surface area contributed by atoms with E-state index in [1.165, 1.54) is 0 Å². The SMILES string of the molecule is CC(=O)CC1CCCCCN1C(=O)c1cccc(C)c1O. The lowest BCUT2D eigenvalue weighted by Crippen LogP contribution is -2.41. The van der Waals surface area contributed by atoms with Gasteiger partial charge in [0.15, 0.2) is 0 Å². The van der Waals surface area contributed by atoms with E-state index in [0.717, 1.165) is 25.7 Å². The Bertz CT molecular complexity index is 539. The summed E-state index contributed by atoms with van der Waals surface area (Å²) in [5.74, 6) is -0.00849. The molecule has 0 spiro atoms. The number of likely N-dealkylation sites (tertiary alicyclic amines) is 1. The quantitative estimate of drug-likeness (QED) is 0.930. The summed E-state index contributed by atoms with van der Waals surface area (Å²) >= 11 is 0. The van der Waals surface area contributed by atoms with Crippen molar-refractivity contribution >= 4 is 11.7 Å². The molecule has 0 bridgehead atoms. The molecule has 4 heteroatoms. The van der Waals surface area contributed by atoms with E-state index in [9.17, 15) is 14.7 Å². The number of aromatic hydroxyl groups is 1. The van der Waals surface area contributed by atoms with Gasteiger partial charge in [-0.15, -0.1) is 0 Å². The third-order valence-corrected chi connectivity index (χ3v) is 4.13. The molecule has 0 aromatic heterocycles. The summed E-state index contributed by atoms with van der Waals surface area (Å²) in [4.78, 5) is 26.0. The summed E-state index contributed by atoms with van der Waals surface area (Å²) in [6.45, 7) is 4.00. The van der Waals surface area contributed by atoms with Crippen molar-refractivity contribution in [1.29, 1.82) is 0 Å². The van der Waals surface area contributed by atoms with Crippen molar-refractivity contribution in [2.75, 3.05) is 6.54 Å². The van der Waals surface area contributed by atoms with Gasteiger partial charge in [0.2, 0.25) is 0 Å². The van der Waals surface area contributed by atoms with Crippen LogP contribution in [0.1, 0.15) is 54.9 Å². The van der Waals surface area contributed by atoms with Crippen LogP contribution in [-0.2, 0) is 4.79 Å². The summed E-state index contributed by atoms with van der Waals surface area (Å²) in [7, 11) is 0. The maximum absolute atomic E-state index is 12.8. The molecular weight excluding hydrogens is 266 g/mol. The minimum Gasteiger partial charge on any atom is -0.507 e. The molecule has 1 N–H and O–H groups in total. The van der Waals surface area contributed by atoms with Crippen molar-refractivity contribution in [3.63, 3.8) is 0 Å². The van der Waals surface area contributed by atoms with Gasteiger partial charge in [0.25, 0.3) is 5.91 Å². The number of carbonyl (C=O) groups excluding carboxylic acids is 2. The number of amides is 1. The van der Waals surface area contributed by atoms with Crippen LogP contribution in [0.3, 0.4) is 0 Å². The van der Waals surface area contributed by atoms with Crippen LogP contribution in [-0.4, -0.2) is 34.3 Å². The molecule has 0 radical (unpaired) electrons. The van der Waals surface area contributed by atoms with E-state index in [1.807, 2.05) is 0 Å². The molecule has 0 saturated carbocycles. The summed E-state index contributed by atoms with van der Waals surface area (Å²) in [5.41, 5.74) is 1.03. The fourth-order valence-corrected chi connectivity index (χ4v) is 2.97. The molecule has 1 heterocycles. The Kier molecular flexibility index (Phi) is 4.99. The maximum Gasteiger partial charge on any atom is 0.257 e. The van der Waals surface area contributed by atoms with Gasteiger partial charge in [-0.25, -0.2) is 0 Å². The lowest BCUT2D eigenvalue weighted by molar-refractivity contribution is -0.118. The van der Waals surface area contributed by atoms with Gasteiger partial charge in [-0.3, -0.25) is 9.59 Å². The second-order valence-corrected chi connectivity index (χ2v) is 5.88. The number of hydrogen-bond donors (Lipinski definition) is 1. The standard InChI is InChI=1S/C17H23NO3/c1-12-7-6-9-15(16(12)20)17(21)18-10-5-3-4-8-14(18)11-13(2)19/h6-7,9,14,20H,3-5,8,10-11H2,1-2H3. The fraction of sp³-hybridized carbons (Fsp3) is 0.529. The van der Waals surface area contributed by atoms with Crippen LogP contribution in [0, 0.1) is 6.92 Å². The number of ketones is 1. The second kappa shape index (κ2) is 6.74. The molecule has 1 aliphatic rings. The summed E-state index contributed by atoms with van der Waals surface area (Å²) in [6.07, 6.45) is 4.34. The molecule has 1 amide bonds. The van der Waals surface area contributed by atoms with Gasteiger partial charge in [0.1, 0.15) is 11.5 Å². The van der Waals surface area contributed by atoms with Gasteiger partial charge in [-0.1, -0.05) is 25.0 Å². The molecule has 1 aromatic rings. The van der Waals surface area contributed by atoms with E-state index < -0.39 is 0 Å². The number of hydrogen-bond acceptors (Lipinski definition) is 3. The lowest BCUT2D eigenvalue weighted by atomic mass is 10.0. The van der Waals surface area contributed by atoms with Gasteiger partial charge in [-0.2, -0.15) is 0 Å². The molecular formula is C17H23NO3. The van der Waals surface area contributed by atoms with Crippen molar-refractivity contribution in [3.8, 4) is 5.75 Å².